The summed E-state index contributed by atoms with van der Waals surface area (Å²) in [5, 5.41) is 0. The summed E-state index contributed by atoms with van der Waals surface area (Å²) in [6.45, 7) is 7.51. The molecule has 1 aliphatic heterocycles. The highest BCUT2D eigenvalue weighted by atomic mass is 127. The van der Waals surface area contributed by atoms with Crippen LogP contribution in [-0.2, 0) is 11.3 Å². The lowest BCUT2D eigenvalue weighted by Crippen LogP contribution is -2.48. The maximum absolute atomic E-state index is 11.9. The quantitative estimate of drug-likeness (QED) is 0.751. The molecule has 0 aliphatic carbocycles. The van der Waals surface area contributed by atoms with Gasteiger partial charge in [-0.2, -0.15) is 0 Å². The van der Waals surface area contributed by atoms with E-state index < -0.39 is 0 Å². The van der Waals surface area contributed by atoms with Crippen LogP contribution in [-0.4, -0.2) is 46.3 Å². The Labute approximate surface area is 120 Å². The Morgan fingerprint density at radius 3 is 3.11 bits per heavy atom. The van der Waals surface area contributed by atoms with Crippen LogP contribution in [0.25, 0.3) is 0 Å². The average molecular weight is 363 g/mol. The summed E-state index contributed by atoms with van der Waals surface area (Å²) in [7, 11) is 0. The summed E-state index contributed by atoms with van der Waals surface area (Å²) in [6, 6.07) is 0.516. The number of ether oxygens (including phenoxy) is 1. The highest BCUT2D eigenvalue weighted by molar-refractivity contribution is 14.1. The van der Waals surface area contributed by atoms with Gasteiger partial charge in [0.2, 0.25) is 0 Å². The zero-order valence-electron chi connectivity index (χ0n) is 10.7. The second-order valence-electron chi connectivity index (χ2n) is 4.78. The molecule has 0 bridgehead atoms. The van der Waals surface area contributed by atoms with E-state index in [-0.39, 0.29) is 11.7 Å². The van der Waals surface area contributed by atoms with E-state index >= 15 is 0 Å². The second kappa shape index (κ2) is 6.12. The molecule has 1 atom stereocenters. The van der Waals surface area contributed by atoms with Crippen LogP contribution in [0, 0.1) is 3.57 Å². The second-order valence-corrected chi connectivity index (χ2v) is 5.94. The first-order valence-corrected chi connectivity index (χ1v) is 7.21. The van der Waals surface area contributed by atoms with Crippen molar-refractivity contribution < 1.29 is 4.74 Å². The van der Waals surface area contributed by atoms with Gasteiger partial charge in [0, 0.05) is 25.3 Å². The van der Waals surface area contributed by atoms with E-state index in [1.807, 2.05) is 22.6 Å². The van der Waals surface area contributed by atoms with Crippen molar-refractivity contribution in [1.82, 2.24) is 14.5 Å². The highest BCUT2D eigenvalue weighted by Gasteiger charge is 2.22. The average Bonchev–Trinajstić information content (AvgIpc) is 2.35. The summed E-state index contributed by atoms with van der Waals surface area (Å²) in [6.07, 6.45) is 3.24. The summed E-state index contributed by atoms with van der Waals surface area (Å²) in [5.41, 5.74) is 0.0101. The van der Waals surface area contributed by atoms with E-state index in [0.29, 0.717) is 16.2 Å². The van der Waals surface area contributed by atoms with E-state index in [0.717, 1.165) is 19.7 Å². The van der Waals surface area contributed by atoms with E-state index in [4.69, 9.17) is 4.74 Å². The van der Waals surface area contributed by atoms with Gasteiger partial charge in [0.15, 0.2) is 0 Å². The van der Waals surface area contributed by atoms with Gasteiger partial charge in [0.05, 0.1) is 29.2 Å². The molecule has 5 nitrogen and oxygen atoms in total. The van der Waals surface area contributed by atoms with Crippen molar-refractivity contribution in [2.45, 2.75) is 32.5 Å². The molecule has 0 saturated carbocycles. The van der Waals surface area contributed by atoms with Gasteiger partial charge in [-0.25, -0.2) is 4.98 Å². The normalized spacial score (nSPS) is 21.4. The predicted octanol–water partition coefficient (Wildman–Crippen LogP) is 0.957. The molecule has 100 valence electrons. The molecule has 0 spiro atoms. The van der Waals surface area contributed by atoms with E-state index in [2.05, 4.69) is 23.7 Å². The van der Waals surface area contributed by atoms with Crippen LogP contribution >= 0.6 is 22.6 Å². The Morgan fingerprint density at radius 2 is 2.39 bits per heavy atom. The zero-order valence-corrected chi connectivity index (χ0v) is 12.8. The number of morpholine rings is 1. The molecule has 2 heterocycles. The highest BCUT2D eigenvalue weighted by Crippen LogP contribution is 2.10. The number of hydrogen-bond donors (Lipinski definition) is 0. The summed E-state index contributed by atoms with van der Waals surface area (Å²) in [5.74, 6) is 0. The maximum Gasteiger partial charge on any atom is 0.266 e. The molecule has 1 unspecified atom stereocenters. The Balaban J connectivity index is 2.05. The third-order valence-electron chi connectivity index (χ3n) is 3.16. The van der Waals surface area contributed by atoms with Crippen molar-refractivity contribution in [3.05, 3.63) is 26.4 Å². The minimum Gasteiger partial charge on any atom is -0.374 e. The molecule has 6 heteroatoms. The lowest BCUT2D eigenvalue weighted by molar-refractivity contribution is -0.0461. The summed E-state index contributed by atoms with van der Waals surface area (Å²) in [4.78, 5) is 18.3. The largest absolute Gasteiger partial charge is 0.374 e. The van der Waals surface area contributed by atoms with E-state index in [1.54, 1.807) is 17.1 Å². The van der Waals surface area contributed by atoms with Crippen molar-refractivity contribution in [3.63, 3.8) is 0 Å². The van der Waals surface area contributed by atoms with Gasteiger partial charge in [-0.1, -0.05) is 0 Å². The van der Waals surface area contributed by atoms with Gasteiger partial charge in [-0.05, 0) is 36.4 Å². The monoisotopic (exact) mass is 363 g/mol. The fourth-order valence-corrected chi connectivity index (χ4v) is 2.57. The molecule has 1 aromatic heterocycles. The summed E-state index contributed by atoms with van der Waals surface area (Å²) < 4.78 is 8.01. The molecule has 0 amide bonds. The number of halogens is 1. The first-order valence-electron chi connectivity index (χ1n) is 6.13. The smallest absolute Gasteiger partial charge is 0.266 e. The van der Waals surface area contributed by atoms with Crippen LogP contribution in [0.15, 0.2) is 17.3 Å². The fourth-order valence-electron chi connectivity index (χ4n) is 2.10. The third-order valence-corrected chi connectivity index (χ3v) is 3.90. The SMILES string of the molecule is CC(C)N1CCOC(Cn2cncc(I)c2=O)C1. The van der Waals surface area contributed by atoms with Gasteiger partial charge in [0.25, 0.3) is 5.56 Å². The molecular weight excluding hydrogens is 345 g/mol. The minimum atomic E-state index is 0.0101. The van der Waals surface area contributed by atoms with Crippen molar-refractivity contribution in [3.8, 4) is 0 Å². The number of aromatic nitrogens is 2. The molecule has 1 aromatic rings. The van der Waals surface area contributed by atoms with E-state index in [9.17, 15) is 4.79 Å². The maximum atomic E-state index is 11.9. The number of nitrogens with zero attached hydrogens (tertiary/aromatic N) is 3. The molecule has 1 aliphatic rings. The lowest BCUT2D eigenvalue weighted by atomic mass is 10.2. The van der Waals surface area contributed by atoms with Crippen molar-refractivity contribution in [2.75, 3.05) is 19.7 Å². The zero-order chi connectivity index (χ0) is 13.1. The van der Waals surface area contributed by atoms with Crippen LogP contribution in [0.5, 0.6) is 0 Å². The van der Waals surface area contributed by atoms with Gasteiger partial charge in [-0.3, -0.25) is 14.3 Å². The van der Waals surface area contributed by atoms with Gasteiger partial charge < -0.3 is 4.74 Å². The van der Waals surface area contributed by atoms with Crippen LogP contribution < -0.4 is 5.56 Å². The number of hydrogen-bond acceptors (Lipinski definition) is 4. The Morgan fingerprint density at radius 1 is 1.61 bits per heavy atom. The first kappa shape index (κ1) is 14.0. The fraction of sp³-hybridized carbons (Fsp3) is 0.667. The van der Waals surface area contributed by atoms with Gasteiger partial charge >= 0.3 is 0 Å². The van der Waals surface area contributed by atoms with Crippen LogP contribution in [0.4, 0.5) is 0 Å². The molecule has 0 radical (unpaired) electrons. The first-order chi connectivity index (χ1) is 8.58. The van der Waals surface area contributed by atoms with E-state index in [1.165, 1.54) is 0 Å². The minimum absolute atomic E-state index is 0.0101. The van der Waals surface area contributed by atoms with Crippen molar-refractivity contribution >= 4 is 22.6 Å². The molecule has 18 heavy (non-hydrogen) atoms. The topological polar surface area (TPSA) is 47.4 Å². The van der Waals surface area contributed by atoms with Crippen molar-refractivity contribution in [2.24, 2.45) is 0 Å². The van der Waals surface area contributed by atoms with Crippen LogP contribution in [0.3, 0.4) is 0 Å². The molecule has 0 aromatic carbocycles. The molecule has 1 saturated heterocycles. The molecule has 1 fully saturated rings. The Hall–Kier alpha value is -0.470. The molecular formula is C12H18IN3O2. The Bertz CT molecular complexity index is 461. The predicted molar refractivity (Wildman–Crippen MR) is 77.7 cm³/mol. The van der Waals surface area contributed by atoms with Gasteiger partial charge in [-0.15, -0.1) is 0 Å². The standard InChI is InChI=1S/C12H18IN3O2/c1-9(2)15-3-4-18-10(6-15)7-16-8-14-5-11(13)12(16)17/h5,8-10H,3-4,6-7H2,1-2H3. The number of rotatable bonds is 3. The van der Waals surface area contributed by atoms with Crippen LogP contribution in [0.2, 0.25) is 0 Å². The third kappa shape index (κ3) is 3.30. The molecule has 2 rings (SSSR count). The van der Waals surface area contributed by atoms with Crippen LogP contribution in [0.1, 0.15) is 13.8 Å². The van der Waals surface area contributed by atoms with Gasteiger partial charge in [0.1, 0.15) is 0 Å². The summed E-state index contributed by atoms with van der Waals surface area (Å²) >= 11 is 2.01. The lowest BCUT2D eigenvalue weighted by Gasteiger charge is -2.35. The molecule has 0 N–H and O–H groups in total. The van der Waals surface area contributed by atoms with Crippen molar-refractivity contribution in [1.29, 1.82) is 0 Å². The Kier molecular flexibility index (Phi) is 4.74.